The summed E-state index contributed by atoms with van der Waals surface area (Å²) in [4.78, 5) is 33.2. The van der Waals surface area contributed by atoms with Crippen LogP contribution in [0.4, 0.5) is 35.1 Å². The fraction of sp³-hybridized carbons (Fsp3) is 0.571. The number of nitrogens with one attached hydrogen (secondary N) is 3. The molecule has 0 rings (SSSR count). The van der Waals surface area contributed by atoms with E-state index < -0.39 is 93.2 Å². The van der Waals surface area contributed by atoms with Gasteiger partial charge in [0.2, 0.25) is 0 Å². The molecule has 0 aromatic rings. The summed E-state index contributed by atoms with van der Waals surface area (Å²) in [5.41, 5.74) is -6.01. The molecule has 0 aromatic heterocycles. The zero-order valence-corrected chi connectivity index (χ0v) is 18.4. The average Bonchev–Trinajstić information content (AvgIpc) is 2.57. The summed E-state index contributed by atoms with van der Waals surface area (Å²) in [5.74, 6) is -11.5. The maximum absolute atomic E-state index is 13.7. The van der Waals surface area contributed by atoms with Crippen molar-refractivity contribution < 1.29 is 88.3 Å². The van der Waals surface area contributed by atoms with Crippen molar-refractivity contribution in [3.63, 3.8) is 0 Å². The lowest BCUT2D eigenvalue weighted by Crippen LogP contribution is -2.60. The first-order valence-electron chi connectivity index (χ1n) is 6.85. The Labute approximate surface area is 187 Å². The molecule has 6 N–H and O–H groups in total. The van der Waals surface area contributed by atoms with Gasteiger partial charge in [0.05, 0.1) is 0 Å². The molecular formula is C7H6F8N4O12S4. The second-order valence-corrected chi connectivity index (χ2v) is 12.1. The minimum Gasteiger partial charge on any atom is -0.322 e. The average molecular weight is 618 g/mol. The van der Waals surface area contributed by atoms with Gasteiger partial charge in [-0.15, -0.1) is 0 Å². The van der Waals surface area contributed by atoms with Crippen LogP contribution in [0.1, 0.15) is 0 Å². The Morgan fingerprint density at radius 2 is 0.771 bits per heavy atom. The van der Waals surface area contributed by atoms with Gasteiger partial charge in [0.15, 0.2) is 0 Å². The normalized spacial score (nSPS) is 14.7. The summed E-state index contributed by atoms with van der Waals surface area (Å²) in [6.45, 7) is 0. The van der Waals surface area contributed by atoms with Gasteiger partial charge < -0.3 is 5.11 Å². The number of aliphatic hydroxyl groups is 1. The van der Waals surface area contributed by atoms with E-state index in [0.29, 0.717) is 0 Å². The first-order valence-corrected chi connectivity index (χ1v) is 12.8. The zero-order chi connectivity index (χ0) is 28.9. The number of nitrogens with two attached hydrogens (primary N) is 1. The van der Waals surface area contributed by atoms with Crippen LogP contribution in [0.15, 0.2) is 0 Å². The van der Waals surface area contributed by atoms with E-state index in [9.17, 15) is 83.2 Å². The van der Waals surface area contributed by atoms with E-state index in [1.165, 1.54) is 0 Å². The highest BCUT2D eigenvalue weighted by Crippen LogP contribution is 2.28. The molecule has 0 saturated heterocycles. The summed E-state index contributed by atoms with van der Waals surface area (Å²) in [7, 11) is -27.8. The molecule has 35 heavy (non-hydrogen) atoms. The van der Waals surface area contributed by atoms with Crippen molar-refractivity contribution in [2.75, 3.05) is 0 Å². The maximum Gasteiger partial charge on any atom is 0.479 e. The van der Waals surface area contributed by atoms with E-state index >= 15 is 0 Å². The molecule has 0 aliphatic heterocycles. The molecular weight excluding hydrogens is 612 g/mol. The van der Waals surface area contributed by atoms with Crippen molar-refractivity contribution >= 4 is 57.8 Å². The van der Waals surface area contributed by atoms with Crippen LogP contribution < -0.4 is 19.3 Å². The van der Waals surface area contributed by atoms with E-state index in [-0.39, 0.29) is 0 Å². The smallest absolute Gasteiger partial charge is 0.322 e. The van der Waals surface area contributed by atoms with Gasteiger partial charge in [0.1, 0.15) is 0 Å². The van der Waals surface area contributed by atoms with Gasteiger partial charge >= 0.3 is 69.0 Å². The Morgan fingerprint density at radius 3 is 1.00 bits per heavy atom. The Balaban J connectivity index is 6.07. The van der Waals surface area contributed by atoms with Crippen LogP contribution in [0, 0.1) is 0 Å². The standard InChI is InChI=1S/C7H6F8N4O12S4/c8-4(9,32(16,24)25)1(20)17-33(26,27)5(10,11)2(21)18-34(28,29)6(12,13)3(22)19-35(30,31)7(14,15)23/h23H,(H,17,20)(H,18,21)(H,19,22)(H2,16,24,25). The summed E-state index contributed by atoms with van der Waals surface area (Å²) in [5, 5.41) is -7.29. The van der Waals surface area contributed by atoms with Gasteiger partial charge in [-0.05, 0) is 0 Å². The van der Waals surface area contributed by atoms with E-state index in [0.717, 1.165) is 0 Å². The molecule has 0 heterocycles. The fourth-order valence-corrected chi connectivity index (χ4v) is 3.70. The van der Waals surface area contributed by atoms with Crippen molar-refractivity contribution in [2.24, 2.45) is 5.14 Å². The first kappa shape index (κ1) is 32.6. The van der Waals surface area contributed by atoms with Crippen LogP contribution in [0.5, 0.6) is 0 Å². The van der Waals surface area contributed by atoms with E-state index in [1.807, 2.05) is 0 Å². The minimum absolute atomic E-state index is 0.420. The highest BCUT2D eigenvalue weighted by Gasteiger charge is 2.63. The molecule has 28 heteroatoms. The van der Waals surface area contributed by atoms with Crippen molar-refractivity contribution in [2.45, 2.75) is 21.2 Å². The lowest BCUT2D eigenvalue weighted by Gasteiger charge is -2.21. The van der Waals surface area contributed by atoms with Crippen LogP contribution in [-0.2, 0) is 54.5 Å². The third-order valence-electron chi connectivity index (χ3n) is 2.83. The number of rotatable bonds is 10. The maximum atomic E-state index is 13.7. The number of primary sulfonamides is 1. The number of hydrogen-bond acceptors (Lipinski definition) is 12. The molecule has 0 atom stereocenters. The van der Waals surface area contributed by atoms with E-state index in [1.54, 1.807) is 0 Å². The molecule has 0 spiro atoms. The molecule has 0 saturated carbocycles. The molecule has 0 bridgehead atoms. The molecule has 0 aromatic carbocycles. The summed E-state index contributed by atoms with van der Waals surface area (Å²) in [6, 6.07) is 0. The molecule has 0 fully saturated rings. The van der Waals surface area contributed by atoms with E-state index in [4.69, 9.17) is 5.11 Å². The summed E-state index contributed by atoms with van der Waals surface area (Å²) < 4.78 is 192. The van der Waals surface area contributed by atoms with Gasteiger partial charge in [-0.25, -0.2) is 27.7 Å². The van der Waals surface area contributed by atoms with Crippen molar-refractivity contribution in [3.05, 3.63) is 0 Å². The Bertz CT molecular complexity index is 1350. The number of carbonyl (C=O) groups excluding carboxylic acids is 3. The van der Waals surface area contributed by atoms with Gasteiger partial charge in [-0.3, -0.25) is 14.4 Å². The molecule has 16 nitrogen and oxygen atoms in total. The van der Waals surface area contributed by atoms with Crippen LogP contribution >= 0.6 is 0 Å². The number of carbonyl (C=O) groups is 3. The molecule has 3 amide bonds. The number of hydrogen-bond donors (Lipinski definition) is 5. The molecule has 0 radical (unpaired) electrons. The quantitative estimate of drug-likeness (QED) is 0.146. The van der Waals surface area contributed by atoms with Crippen LogP contribution in [-0.4, -0.2) is 77.7 Å². The molecule has 0 aliphatic carbocycles. The second-order valence-electron chi connectivity index (χ2n) is 5.39. The van der Waals surface area contributed by atoms with Crippen molar-refractivity contribution in [3.8, 4) is 0 Å². The Kier molecular flexibility index (Phi) is 8.28. The molecule has 206 valence electrons. The summed E-state index contributed by atoms with van der Waals surface area (Å²) in [6.07, 6.45) is 0. The van der Waals surface area contributed by atoms with Crippen molar-refractivity contribution in [1.29, 1.82) is 0 Å². The number of amides is 3. The SMILES string of the molecule is NS(=O)(=O)C(F)(F)C(=O)NS(=O)(=O)C(F)(F)C(=O)NS(=O)(=O)C(F)(F)C(=O)NS(=O)(=O)C(O)(F)F. The van der Waals surface area contributed by atoms with Gasteiger partial charge in [0.25, 0.3) is 10.0 Å². The highest BCUT2D eigenvalue weighted by molar-refractivity contribution is 7.94. The number of sulfonamides is 4. The lowest BCUT2D eigenvalue weighted by molar-refractivity contribution is -0.137. The van der Waals surface area contributed by atoms with E-state index in [2.05, 4.69) is 5.14 Å². The fourth-order valence-electron chi connectivity index (χ4n) is 1.11. The van der Waals surface area contributed by atoms with Crippen LogP contribution in [0.3, 0.4) is 0 Å². The third kappa shape index (κ3) is 6.23. The third-order valence-corrected chi connectivity index (χ3v) is 7.46. The topological polar surface area (TPSA) is 270 Å². The van der Waals surface area contributed by atoms with Gasteiger partial charge in [0, 0.05) is 0 Å². The lowest BCUT2D eigenvalue weighted by atomic mass is 10.7. The first-order chi connectivity index (χ1) is 14.9. The van der Waals surface area contributed by atoms with Gasteiger partial charge in [-0.1, -0.05) is 0 Å². The Morgan fingerprint density at radius 1 is 0.543 bits per heavy atom. The highest BCUT2D eigenvalue weighted by atomic mass is 32.2. The number of alkyl halides is 8. The van der Waals surface area contributed by atoms with Crippen LogP contribution in [0.2, 0.25) is 0 Å². The monoisotopic (exact) mass is 618 g/mol. The van der Waals surface area contributed by atoms with Crippen LogP contribution in [0.25, 0.3) is 0 Å². The zero-order valence-electron chi connectivity index (χ0n) is 15.2. The molecule has 0 aliphatic rings. The predicted octanol–water partition coefficient (Wildman–Crippen LogP) is -4.07. The minimum atomic E-state index is -7.36. The number of halogens is 8. The van der Waals surface area contributed by atoms with Crippen molar-refractivity contribution in [1.82, 2.24) is 14.2 Å². The second kappa shape index (κ2) is 8.90. The summed E-state index contributed by atoms with van der Waals surface area (Å²) >= 11 is 0. The Hall–Kier alpha value is -2.43. The van der Waals surface area contributed by atoms with Gasteiger partial charge in [-0.2, -0.15) is 60.4 Å². The predicted molar refractivity (Wildman–Crippen MR) is 86.3 cm³/mol. The molecule has 0 unspecified atom stereocenters. The largest absolute Gasteiger partial charge is 0.479 e.